The second-order valence-electron chi connectivity index (χ2n) is 7.27. The van der Waals surface area contributed by atoms with Crippen LogP contribution in [-0.4, -0.2) is 41.9 Å². The molecule has 2 heterocycles. The summed E-state index contributed by atoms with van der Waals surface area (Å²) in [5.74, 6) is 1.16. The molecule has 1 amide bonds. The predicted octanol–water partition coefficient (Wildman–Crippen LogP) is 4.18. The minimum absolute atomic E-state index is 0.200. The molecule has 0 radical (unpaired) electrons. The largest absolute Gasteiger partial charge is 0.463 e. The van der Waals surface area contributed by atoms with Crippen molar-refractivity contribution in [2.45, 2.75) is 6.54 Å². The Balaban J connectivity index is 1.50. The van der Waals surface area contributed by atoms with E-state index in [0.717, 1.165) is 12.2 Å². The first kappa shape index (κ1) is 20.4. The van der Waals surface area contributed by atoms with E-state index < -0.39 is 0 Å². The maximum Gasteiger partial charge on any atom is 0.254 e. The number of hydrogen-bond acceptors (Lipinski definition) is 7. The quantitative estimate of drug-likeness (QED) is 0.466. The summed E-state index contributed by atoms with van der Waals surface area (Å²) in [6.45, 7) is 0.844. The summed E-state index contributed by atoms with van der Waals surface area (Å²) >= 11 is 0. The van der Waals surface area contributed by atoms with Gasteiger partial charge < -0.3 is 24.7 Å². The van der Waals surface area contributed by atoms with Crippen LogP contribution in [0, 0.1) is 0 Å². The zero-order chi connectivity index (χ0) is 21.8. The molecule has 0 saturated heterocycles. The van der Waals surface area contributed by atoms with Crippen molar-refractivity contribution in [2.75, 3.05) is 26.5 Å². The van der Waals surface area contributed by atoms with Crippen molar-refractivity contribution in [1.29, 1.82) is 0 Å². The van der Waals surface area contributed by atoms with Crippen molar-refractivity contribution < 1.29 is 13.9 Å². The third kappa shape index (κ3) is 4.81. The average molecular weight is 417 g/mol. The summed E-state index contributed by atoms with van der Waals surface area (Å²) < 4.78 is 11.4. The van der Waals surface area contributed by atoms with Crippen LogP contribution < -0.4 is 15.4 Å². The summed E-state index contributed by atoms with van der Waals surface area (Å²) in [6.07, 6.45) is 3.06. The van der Waals surface area contributed by atoms with Gasteiger partial charge in [-0.25, -0.2) is 4.98 Å². The molecule has 2 aromatic carbocycles. The van der Waals surface area contributed by atoms with Crippen LogP contribution in [0.5, 0.6) is 11.6 Å². The number of hydrogen-bond donors (Lipinski definition) is 2. The van der Waals surface area contributed by atoms with Gasteiger partial charge in [-0.15, -0.1) is 0 Å². The molecule has 8 heteroatoms. The zero-order valence-electron chi connectivity index (χ0n) is 17.5. The summed E-state index contributed by atoms with van der Waals surface area (Å²) in [5, 5.41) is 6.53. The van der Waals surface area contributed by atoms with Crippen molar-refractivity contribution >= 4 is 28.5 Å². The van der Waals surface area contributed by atoms with Crippen LogP contribution in [-0.2, 0) is 6.54 Å². The highest BCUT2D eigenvalue weighted by Gasteiger charge is 2.13. The van der Waals surface area contributed by atoms with E-state index in [-0.39, 0.29) is 5.91 Å². The molecular weight excluding hydrogens is 394 g/mol. The number of amides is 1. The van der Waals surface area contributed by atoms with Crippen molar-refractivity contribution in [1.82, 2.24) is 20.2 Å². The van der Waals surface area contributed by atoms with E-state index in [2.05, 4.69) is 37.6 Å². The van der Waals surface area contributed by atoms with Crippen LogP contribution >= 0.6 is 0 Å². The van der Waals surface area contributed by atoms with Gasteiger partial charge in [0.15, 0.2) is 0 Å². The lowest BCUT2D eigenvalue weighted by Gasteiger charge is -2.12. The Kier molecular flexibility index (Phi) is 5.81. The van der Waals surface area contributed by atoms with Crippen LogP contribution in [0.2, 0.25) is 0 Å². The minimum atomic E-state index is -0.200. The number of aromatic nitrogens is 2. The van der Waals surface area contributed by atoms with Gasteiger partial charge in [0.2, 0.25) is 11.8 Å². The fourth-order valence-corrected chi connectivity index (χ4v) is 3.20. The molecule has 158 valence electrons. The first-order valence-electron chi connectivity index (χ1n) is 9.77. The van der Waals surface area contributed by atoms with E-state index in [4.69, 9.17) is 9.15 Å². The number of carbonyl (C=O) groups is 1. The molecule has 2 N–H and O–H groups in total. The molecule has 31 heavy (non-hydrogen) atoms. The van der Waals surface area contributed by atoms with Crippen LogP contribution in [0.3, 0.4) is 0 Å². The highest BCUT2D eigenvalue weighted by atomic mass is 16.5. The third-order valence-corrected chi connectivity index (χ3v) is 4.55. The second kappa shape index (κ2) is 8.85. The van der Waals surface area contributed by atoms with Crippen molar-refractivity contribution in [2.24, 2.45) is 0 Å². The molecule has 0 aliphatic rings. The van der Waals surface area contributed by atoms with Gasteiger partial charge in [0.05, 0.1) is 5.56 Å². The highest BCUT2D eigenvalue weighted by molar-refractivity contribution is 6.06. The molecule has 0 spiro atoms. The monoisotopic (exact) mass is 417 g/mol. The summed E-state index contributed by atoms with van der Waals surface area (Å²) in [6, 6.07) is 15.0. The van der Waals surface area contributed by atoms with Crippen molar-refractivity contribution in [3.05, 3.63) is 72.1 Å². The molecule has 4 aromatic rings. The van der Waals surface area contributed by atoms with E-state index in [1.807, 2.05) is 26.2 Å². The summed E-state index contributed by atoms with van der Waals surface area (Å²) in [4.78, 5) is 22.7. The first-order chi connectivity index (χ1) is 15.0. The molecule has 0 aliphatic carbocycles. The van der Waals surface area contributed by atoms with Gasteiger partial charge in [-0.05, 0) is 43.9 Å². The van der Waals surface area contributed by atoms with Gasteiger partial charge >= 0.3 is 0 Å². The lowest BCUT2D eigenvalue weighted by atomic mass is 10.1. The Labute approximate surface area is 179 Å². The number of anilines is 2. The standard InChI is InChI=1S/C23H23N5O3/c1-24-22(29)19-14-30-20-12-17(7-8-18(19)20)31-21-9-10-25-23(27-21)26-16-6-4-5-15(11-16)13-28(2)3/h4-12,14H,13H2,1-3H3,(H,24,29)(H,25,26,27). The number of carbonyl (C=O) groups excluding carboxylic acids is 1. The number of furan rings is 1. The van der Waals surface area contributed by atoms with E-state index in [9.17, 15) is 4.79 Å². The average Bonchev–Trinajstić information content (AvgIpc) is 3.16. The van der Waals surface area contributed by atoms with Gasteiger partial charge in [0, 0.05) is 43.0 Å². The SMILES string of the molecule is CNC(=O)c1coc2cc(Oc3ccnc(Nc4cccc(CN(C)C)c4)n3)ccc12. The molecule has 0 bridgehead atoms. The third-order valence-electron chi connectivity index (χ3n) is 4.55. The van der Waals surface area contributed by atoms with Crippen LogP contribution in [0.25, 0.3) is 11.0 Å². The Morgan fingerprint density at radius 3 is 2.84 bits per heavy atom. The fourth-order valence-electron chi connectivity index (χ4n) is 3.20. The lowest BCUT2D eigenvalue weighted by Crippen LogP contribution is -2.17. The number of ether oxygens (including phenoxy) is 1. The van der Waals surface area contributed by atoms with Gasteiger partial charge in [0.25, 0.3) is 5.91 Å². The van der Waals surface area contributed by atoms with Gasteiger partial charge in [0.1, 0.15) is 17.6 Å². The van der Waals surface area contributed by atoms with E-state index >= 15 is 0 Å². The normalized spacial score (nSPS) is 11.0. The zero-order valence-corrected chi connectivity index (χ0v) is 17.5. The number of nitrogens with one attached hydrogen (secondary N) is 2. The molecule has 0 aliphatic heterocycles. The number of nitrogens with zero attached hydrogens (tertiary/aromatic N) is 3. The molecule has 0 saturated carbocycles. The van der Waals surface area contributed by atoms with Crippen LogP contribution in [0.15, 0.2) is 65.4 Å². The summed E-state index contributed by atoms with van der Waals surface area (Å²) in [5.41, 5.74) is 3.12. The van der Waals surface area contributed by atoms with Crippen molar-refractivity contribution in [3.63, 3.8) is 0 Å². The molecule has 4 rings (SSSR count). The van der Waals surface area contributed by atoms with E-state index in [1.54, 1.807) is 37.5 Å². The van der Waals surface area contributed by atoms with E-state index in [0.29, 0.717) is 34.1 Å². The number of benzene rings is 2. The smallest absolute Gasteiger partial charge is 0.254 e. The Bertz CT molecular complexity index is 1220. The minimum Gasteiger partial charge on any atom is -0.463 e. The molecule has 0 fully saturated rings. The Morgan fingerprint density at radius 1 is 1.16 bits per heavy atom. The van der Waals surface area contributed by atoms with Gasteiger partial charge in [-0.3, -0.25) is 4.79 Å². The number of fused-ring (bicyclic) bond motifs is 1. The Morgan fingerprint density at radius 2 is 2.03 bits per heavy atom. The predicted molar refractivity (Wildman–Crippen MR) is 119 cm³/mol. The van der Waals surface area contributed by atoms with Crippen LogP contribution in [0.4, 0.5) is 11.6 Å². The number of rotatable bonds is 7. The van der Waals surface area contributed by atoms with Gasteiger partial charge in [-0.2, -0.15) is 4.98 Å². The highest BCUT2D eigenvalue weighted by Crippen LogP contribution is 2.28. The lowest BCUT2D eigenvalue weighted by molar-refractivity contribution is 0.0964. The van der Waals surface area contributed by atoms with Crippen molar-refractivity contribution in [3.8, 4) is 11.6 Å². The maximum absolute atomic E-state index is 11.9. The summed E-state index contributed by atoms with van der Waals surface area (Å²) in [7, 11) is 5.64. The molecule has 8 nitrogen and oxygen atoms in total. The molecule has 0 atom stereocenters. The van der Waals surface area contributed by atoms with E-state index in [1.165, 1.54) is 11.8 Å². The molecule has 2 aromatic heterocycles. The topological polar surface area (TPSA) is 92.5 Å². The molecule has 0 unspecified atom stereocenters. The molecular formula is C23H23N5O3. The first-order valence-corrected chi connectivity index (χ1v) is 9.77. The second-order valence-corrected chi connectivity index (χ2v) is 7.27. The van der Waals surface area contributed by atoms with Crippen LogP contribution in [0.1, 0.15) is 15.9 Å². The maximum atomic E-state index is 11.9. The fraction of sp³-hybridized carbons (Fsp3) is 0.174. The van der Waals surface area contributed by atoms with Gasteiger partial charge in [-0.1, -0.05) is 12.1 Å². The Hall–Kier alpha value is -3.91.